The number of aldehydes is 1. The number of nitrogens with two attached hydrogens (primary N) is 2. The minimum Gasteiger partial charge on any atom is -0.367 e. The van der Waals surface area contributed by atoms with Crippen molar-refractivity contribution < 1.29 is 19.2 Å². The molecule has 1 rings (SSSR count). The molecule has 0 spiro atoms. The molecule has 0 bridgehead atoms. The number of primary amides is 1. The topological polar surface area (TPSA) is 144 Å². The molecule has 0 aromatic rings. The highest BCUT2D eigenvalue weighted by atomic mass is 16.2. The first kappa shape index (κ1) is 13.0. The van der Waals surface area contributed by atoms with Gasteiger partial charge in [-0.25, -0.2) is 0 Å². The van der Waals surface area contributed by atoms with Gasteiger partial charge in [0.05, 0.1) is 0 Å². The second kappa shape index (κ2) is 5.70. The van der Waals surface area contributed by atoms with Gasteiger partial charge in [-0.3, -0.25) is 14.4 Å². The molecule has 1 aliphatic rings. The monoisotopic (exact) mass is 216 g/mol. The van der Waals surface area contributed by atoms with Crippen molar-refractivity contribution in [1.82, 2.24) is 10.6 Å². The van der Waals surface area contributed by atoms with E-state index in [9.17, 15) is 19.2 Å². The predicted molar refractivity (Wildman–Crippen MR) is 49.2 cm³/mol. The van der Waals surface area contributed by atoms with Gasteiger partial charge in [-0.15, -0.1) is 0 Å². The van der Waals surface area contributed by atoms with Gasteiger partial charge in [0.25, 0.3) is 11.8 Å². The molecule has 8 heteroatoms. The van der Waals surface area contributed by atoms with Crippen LogP contribution in [0.2, 0.25) is 0 Å². The summed E-state index contributed by atoms with van der Waals surface area (Å²) in [5.74, 6) is -2.47. The molecule has 2 unspecified atom stereocenters. The third kappa shape index (κ3) is 3.02. The van der Waals surface area contributed by atoms with Gasteiger partial charge in [0.15, 0.2) is 18.4 Å². The lowest BCUT2D eigenvalue weighted by molar-refractivity contribution is -0.142. The van der Waals surface area contributed by atoms with Crippen LogP contribution in [0, 0.1) is 0 Å². The highest BCUT2D eigenvalue weighted by Gasteiger charge is 2.36. The Balaban J connectivity index is 0.000000921. The van der Waals surface area contributed by atoms with Gasteiger partial charge in [-0.2, -0.15) is 0 Å². The fraction of sp³-hybridized carbons (Fsp3) is 0.429. The number of carbonyl (C=O) groups is 4. The average molecular weight is 216 g/mol. The van der Waals surface area contributed by atoms with E-state index in [1.807, 2.05) is 10.6 Å². The maximum Gasteiger partial charge on any atom is 0.253 e. The lowest BCUT2D eigenvalue weighted by Crippen LogP contribution is -2.65. The first-order valence-corrected chi connectivity index (χ1v) is 3.99. The smallest absolute Gasteiger partial charge is 0.253 e. The highest BCUT2D eigenvalue weighted by molar-refractivity contribution is 6.13. The molecule has 1 fully saturated rings. The minimum absolute atomic E-state index is 0.268. The molecule has 0 aromatic carbocycles. The van der Waals surface area contributed by atoms with Gasteiger partial charge in [0.1, 0.15) is 0 Å². The maximum absolute atomic E-state index is 11.0. The van der Waals surface area contributed by atoms with Crippen LogP contribution in [-0.4, -0.2) is 43.1 Å². The van der Waals surface area contributed by atoms with Gasteiger partial charge >= 0.3 is 0 Å². The zero-order valence-electron chi connectivity index (χ0n) is 8.02. The van der Waals surface area contributed by atoms with Crippen LogP contribution in [-0.2, 0) is 19.2 Å². The van der Waals surface area contributed by atoms with Gasteiger partial charge in [0.2, 0.25) is 5.91 Å². The molecular weight excluding hydrogens is 204 g/mol. The predicted octanol–water partition coefficient (Wildman–Crippen LogP) is -3.77. The lowest BCUT2D eigenvalue weighted by Gasteiger charge is -2.24. The summed E-state index contributed by atoms with van der Waals surface area (Å²) in [6.07, 6.45) is 0.268. The van der Waals surface area contributed by atoms with Crippen molar-refractivity contribution in [1.29, 1.82) is 0 Å². The van der Waals surface area contributed by atoms with Crippen molar-refractivity contribution in [3.8, 4) is 0 Å². The van der Waals surface area contributed by atoms with Crippen molar-refractivity contribution in [2.24, 2.45) is 11.5 Å². The minimum atomic E-state index is -1.39. The van der Waals surface area contributed by atoms with Crippen LogP contribution < -0.4 is 22.1 Å². The van der Waals surface area contributed by atoms with E-state index in [-0.39, 0.29) is 6.29 Å². The van der Waals surface area contributed by atoms with E-state index in [0.717, 1.165) is 0 Å². The number of amides is 3. The van der Waals surface area contributed by atoms with Gasteiger partial charge in [-0.1, -0.05) is 0 Å². The summed E-state index contributed by atoms with van der Waals surface area (Å²) in [6, 6.07) is -2.62. The van der Waals surface area contributed by atoms with Crippen LogP contribution in [0.1, 0.15) is 0 Å². The van der Waals surface area contributed by atoms with E-state index in [0.29, 0.717) is 0 Å². The highest BCUT2D eigenvalue weighted by Crippen LogP contribution is 1.94. The SMILES string of the molecule is CN.NC(=O)C1NC(=O)C(C=O)NC1=O. The molecule has 6 N–H and O–H groups in total. The number of hydrogen-bond donors (Lipinski definition) is 4. The number of nitrogens with one attached hydrogen (secondary N) is 2. The Kier molecular flexibility index (Phi) is 4.96. The van der Waals surface area contributed by atoms with Gasteiger partial charge < -0.3 is 26.9 Å². The summed E-state index contributed by atoms with van der Waals surface area (Å²) in [4.78, 5) is 42.7. The molecule has 0 aliphatic carbocycles. The van der Waals surface area contributed by atoms with Crippen molar-refractivity contribution >= 4 is 24.0 Å². The van der Waals surface area contributed by atoms with Crippen LogP contribution in [0.25, 0.3) is 0 Å². The first-order chi connectivity index (χ1) is 7.06. The molecule has 15 heavy (non-hydrogen) atoms. The van der Waals surface area contributed by atoms with Crippen LogP contribution in [0.5, 0.6) is 0 Å². The van der Waals surface area contributed by atoms with E-state index in [1.165, 1.54) is 7.05 Å². The molecule has 0 aromatic heterocycles. The Bertz CT molecular complexity index is 291. The van der Waals surface area contributed by atoms with Gasteiger partial charge in [-0.05, 0) is 7.05 Å². The van der Waals surface area contributed by atoms with E-state index in [2.05, 4.69) is 5.73 Å². The second-order valence-corrected chi connectivity index (χ2v) is 2.47. The molecular formula is C7H12N4O4. The van der Waals surface area contributed by atoms with Crippen LogP contribution >= 0.6 is 0 Å². The van der Waals surface area contributed by atoms with Crippen LogP contribution in [0.3, 0.4) is 0 Å². The molecule has 1 saturated heterocycles. The van der Waals surface area contributed by atoms with Crippen LogP contribution in [0.15, 0.2) is 0 Å². The van der Waals surface area contributed by atoms with Crippen molar-refractivity contribution in [3.63, 3.8) is 0 Å². The Morgan fingerprint density at radius 1 is 1.27 bits per heavy atom. The summed E-state index contributed by atoms with van der Waals surface area (Å²) in [5, 5.41) is 4.04. The zero-order chi connectivity index (χ0) is 12.0. The number of carbonyl (C=O) groups excluding carboxylic acids is 4. The number of rotatable bonds is 2. The molecule has 2 atom stereocenters. The Morgan fingerprint density at radius 3 is 2.20 bits per heavy atom. The second-order valence-electron chi connectivity index (χ2n) is 2.47. The maximum atomic E-state index is 11.0. The third-order valence-corrected chi connectivity index (χ3v) is 1.55. The fourth-order valence-electron chi connectivity index (χ4n) is 0.896. The molecule has 3 amide bonds. The zero-order valence-corrected chi connectivity index (χ0v) is 8.02. The normalized spacial score (nSPS) is 24.1. The fourth-order valence-corrected chi connectivity index (χ4v) is 0.896. The van der Waals surface area contributed by atoms with E-state index in [4.69, 9.17) is 5.73 Å². The molecule has 8 nitrogen and oxygen atoms in total. The molecule has 1 heterocycles. The lowest BCUT2D eigenvalue weighted by atomic mass is 10.1. The Labute approximate surface area is 85.4 Å². The summed E-state index contributed by atoms with van der Waals surface area (Å²) in [7, 11) is 1.50. The van der Waals surface area contributed by atoms with Crippen molar-refractivity contribution in [2.75, 3.05) is 7.05 Å². The number of hydrogen-bond acceptors (Lipinski definition) is 5. The Morgan fingerprint density at radius 2 is 1.80 bits per heavy atom. The Hall–Kier alpha value is -1.96. The van der Waals surface area contributed by atoms with Gasteiger partial charge in [0, 0.05) is 0 Å². The van der Waals surface area contributed by atoms with E-state index >= 15 is 0 Å². The number of piperazine rings is 1. The summed E-state index contributed by atoms with van der Waals surface area (Å²) in [6.45, 7) is 0. The first-order valence-electron chi connectivity index (χ1n) is 3.99. The molecule has 84 valence electrons. The van der Waals surface area contributed by atoms with E-state index < -0.39 is 29.8 Å². The molecule has 0 saturated carbocycles. The summed E-state index contributed by atoms with van der Waals surface area (Å²) >= 11 is 0. The summed E-state index contributed by atoms with van der Waals surface area (Å²) < 4.78 is 0. The summed E-state index contributed by atoms with van der Waals surface area (Å²) in [5.41, 5.74) is 9.30. The quantitative estimate of drug-likeness (QED) is 0.276. The van der Waals surface area contributed by atoms with Crippen molar-refractivity contribution in [3.05, 3.63) is 0 Å². The average Bonchev–Trinajstić information content (AvgIpc) is 2.23. The van der Waals surface area contributed by atoms with Crippen molar-refractivity contribution in [2.45, 2.75) is 12.1 Å². The molecule has 0 radical (unpaired) electrons. The largest absolute Gasteiger partial charge is 0.367 e. The third-order valence-electron chi connectivity index (χ3n) is 1.55. The van der Waals surface area contributed by atoms with E-state index in [1.54, 1.807) is 0 Å². The standard InChI is InChI=1S/C6H7N3O4.CH5N/c7-4(11)3-6(13)8-2(1-10)5(12)9-3;1-2/h1-3H,(H2,7,11)(H,8,13)(H,9,12);2H2,1H3. The molecule has 1 aliphatic heterocycles. The van der Waals surface area contributed by atoms with Crippen LogP contribution in [0.4, 0.5) is 0 Å².